The highest BCUT2D eigenvalue weighted by molar-refractivity contribution is 5.94. The number of rotatable bonds is 3. The van der Waals surface area contributed by atoms with Crippen LogP contribution >= 0.6 is 0 Å². The number of amides is 2. The number of piperidine rings is 1. The molecule has 152 valence electrons. The van der Waals surface area contributed by atoms with Gasteiger partial charge in [-0.2, -0.15) is 0 Å². The highest BCUT2D eigenvalue weighted by Gasteiger charge is 2.32. The van der Waals surface area contributed by atoms with Gasteiger partial charge in [-0.1, -0.05) is 6.92 Å². The van der Waals surface area contributed by atoms with Crippen molar-refractivity contribution in [3.8, 4) is 0 Å². The van der Waals surface area contributed by atoms with Crippen molar-refractivity contribution in [2.45, 2.75) is 51.6 Å². The second-order valence-electron chi connectivity index (χ2n) is 7.55. The fourth-order valence-corrected chi connectivity index (χ4v) is 4.17. The molecule has 0 aliphatic carbocycles. The van der Waals surface area contributed by atoms with Crippen LogP contribution in [0.3, 0.4) is 0 Å². The molecule has 1 atom stereocenters. The molecule has 2 aromatic heterocycles. The minimum atomic E-state index is -0.285. The van der Waals surface area contributed by atoms with E-state index < -0.39 is 0 Å². The second-order valence-corrected chi connectivity index (χ2v) is 7.55. The largest absolute Gasteiger partial charge is 0.336 e. The van der Waals surface area contributed by atoms with Crippen LogP contribution in [0.15, 0.2) is 29.3 Å². The summed E-state index contributed by atoms with van der Waals surface area (Å²) >= 11 is 0. The normalized spacial score (nSPS) is 19.0. The smallest absolute Gasteiger partial charge is 0.256 e. The molecule has 0 bridgehead atoms. The molecular weight excluding hydrogens is 370 g/mol. The summed E-state index contributed by atoms with van der Waals surface area (Å²) < 4.78 is 0. The maximum atomic E-state index is 13.1. The Morgan fingerprint density at radius 2 is 2.14 bits per heavy atom. The number of aromatic amines is 1. The number of fused-ring (bicyclic) bond motifs is 1. The molecule has 29 heavy (non-hydrogen) atoms. The third-order valence-electron chi connectivity index (χ3n) is 5.73. The summed E-state index contributed by atoms with van der Waals surface area (Å²) in [5.74, 6) is 0.466. The van der Waals surface area contributed by atoms with Crippen LogP contribution < -0.4 is 5.56 Å². The molecule has 0 spiro atoms. The number of nitrogens with one attached hydrogen (secondary N) is 1. The quantitative estimate of drug-likeness (QED) is 0.855. The third-order valence-corrected chi connectivity index (χ3v) is 5.73. The first-order valence-electron chi connectivity index (χ1n) is 10.2. The predicted octanol–water partition coefficient (Wildman–Crippen LogP) is 1.83. The van der Waals surface area contributed by atoms with Crippen LogP contribution in [0.25, 0.3) is 0 Å². The van der Waals surface area contributed by atoms with Crippen molar-refractivity contribution in [1.29, 1.82) is 0 Å². The predicted molar refractivity (Wildman–Crippen MR) is 106 cm³/mol. The fourth-order valence-electron chi connectivity index (χ4n) is 4.17. The van der Waals surface area contributed by atoms with Crippen molar-refractivity contribution >= 4 is 11.8 Å². The number of hydrogen-bond acceptors (Lipinski definition) is 5. The van der Waals surface area contributed by atoms with Crippen molar-refractivity contribution < 1.29 is 9.59 Å². The first-order valence-corrected chi connectivity index (χ1v) is 10.2. The molecule has 8 nitrogen and oxygen atoms in total. The van der Waals surface area contributed by atoms with Gasteiger partial charge in [0.1, 0.15) is 5.82 Å². The van der Waals surface area contributed by atoms with E-state index in [1.165, 1.54) is 0 Å². The second kappa shape index (κ2) is 8.14. The average molecular weight is 395 g/mol. The van der Waals surface area contributed by atoms with Crippen molar-refractivity contribution in [3.05, 3.63) is 57.5 Å². The van der Waals surface area contributed by atoms with E-state index in [1.54, 1.807) is 34.3 Å². The Morgan fingerprint density at radius 3 is 2.90 bits per heavy atom. The van der Waals surface area contributed by atoms with Crippen LogP contribution in [0.1, 0.15) is 66.1 Å². The number of nitrogens with zero attached hydrogens (tertiary/aromatic N) is 4. The molecule has 4 rings (SSSR count). The van der Waals surface area contributed by atoms with Crippen LogP contribution in [0, 0.1) is 0 Å². The van der Waals surface area contributed by atoms with E-state index in [9.17, 15) is 14.4 Å². The molecule has 2 amide bonds. The van der Waals surface area contributed by atoms with Gasteiger partial charge in [-0.15, -0.1) is 0 Å². The van der Waals surface area contributed by atoms with Crippen LogP contribution in [0.2, 0.25) is 0 Å². The highest BCUT2D eigenvalue weighted by atomic mass is 16.2. The topological polar surface area (TPSA) is 99.3 Å². The average Bonchev–Trinajstić information content (AvgIpc) is 2.78. The molecule has 1 fully saturated rings. The number of hydrogen-bond donors (Lipinski definition) is 1. The lowest BCUT2D eigenvalue weighted by Gasteiger charge is -2.36. The molecule has 2 aromatic rings. The van der Waals surface area contributed by atoms with E-state index in [-0.39, 0.29) is 23.4 Å². The minimum absolute atomic E-state index is 0.0605. The summed E-state index contributed by atoms with van der Waals surface area (Å²) in [6, 6.07) is 3.20. The van der Waals surface area contributed by atoms with Crippen LogP contribution in [0.4, 0.5) is 0 Å². The lowest BCUT2D eigenvalue weighted by molar-refractivity contribution is -0.131. The number of likely N-dealkylation sites (tertiary alicyclic amines) is 1. The molecule has 1 saturated heterocycles. The molecule has 0 unspecified atom stereocenters. The maximum absolute atomic E-state index is 13.1. The van der Waals surface area contributed by atoms with E-state index in [0.29, 0.717) is 55.1 Å². The van der Waals surface area contributed by atoms with Gasteiger partial charge in [0, 0.05) is 37.5 Å². The summed E-state index contributed by atoms with van der Waals surface area (Å²) in [7, 11) is 0. The van der Waals surface area contributed by atoms with Gasteiger partial charge in [0.2, 0.25) is 5.91 Å². The molecule has 0 saturated carbocycles. The Kier molecular flexibility index (Phi) is 5.42. The van der Waals surface area contributed by atoms with E-state index in [4.69, 9.17) is 4.98 Å². The van der Waals surface area contributed by atoms with Crippen molar-refractivity contribution in [2.75, 3.05) is 13.1 Å². The number of carbonyl (C=O) groups is 2. The van der Waals surface area contributed by atoms with Gasteiger partial charge in [-0.3, -0.25) is 19.4 Å². The van der Waals surface area contributed by atoms with Gasteiger partial charge in [-0.25, -0.2) is 4.98 Å². The monoisotopic (exact) mass is 395 g/mol. The zero-order chi connectivity index (χ0) is 20.4. The number of H-pyrrole nitrogens is 1. The first-order chi connectivity index (χ1) is 14.1. The minimum Gasteiger partial charge on any atom is -0.336 e. The Morgan fingerprint density at radius 1 is 1.28 bits per heavy atom. The Hall–Kier alpha value is -3.03. The standard InChI is InChI=1S/C21H25N5O3/c1-2-18(27)25-11-8-15-16(13-25)23-19(24-20(15)28)17-7-3-4-10-26(17)21(29)14-6-5-9-22-12-14/h5-6,9,12,17H,2-4,7-8,10-11,13H2,1H3,(H,23,24,28)/t17-/m1/s1. The summed E-state index contributed by atoms with van der Waals surface area (Å²) in [4.78, 5) is 53.1. The van der Waals surface area contributed by atoms with E-state index in [2.05, 4.69) is 9.97 Å². The third kappa shape index (κ3) is 3.79. The van der Waals surface area contributed by atoms with E-state index in [0.717, 1.165) is 19.3 Å². The fraction of sp³-hybridized carbons (Fsp3) is 0.476. The van der Waals surface area contributed by atoms with Crippen LogP contribution in [-0.4, -0.2) is 49.7 Å². The van der Waals surface area contributed by atoms with Crippen LogP contribution in [0.5, 0.6) is 0 Å². The van der Waals surface area contributed by atoms with Gasteiger partial charge in [-0.05, 0) is 37.8 Å². The summed E-state index contributed by atoms with van der Waals surface area (Å²) in [6.07, 6.45) is 6.75. The Labute approximate surface area is 169 Å². The Bertz CT molecular complexity index is 972. The lowest BCUT2D eigenvalue weighted by Crippen LogP contribution is -2.42. The number of pyridine rings is 1. The number of carbonyl (C=O) groups excluding carboxylic acids is 2. The Balaban J connectivity index is 1.66. The van der Waals surface area contributed by atoms with E-state index >= 15 is 0 Å². The van der Waals surface area contributed by atoms with Gasteiger partial charge >= 0.3 is 0 Å². The summed E-state index contributed by atoms with van der Waals surface area (Å²) in [6.45, 7) is 3.33. The van der Waals surface area contributed by atoms with Gasteiger partial charge in [0.25, 0.3) is 11.5 Å². The van der Waals surface area contributed by atoms with Crippen molar-refractivity contribution in [2.24, 2.45) is 0 Å². The zero-order valence-electron chi connectivity index (χ0n) is 16.6. The first kappa shape index (κ1) is 19.3. The molecule has 0 aromatic carbocycles. The molecule has 0 radical (unpaired) electrons. The SMILES string of the molecule is CCC(=O)N1CCc2c(nc([C@H]3CCCCN3C(=O)c3cccnc3)[nH]c2=O)C1. The maximum Gasteiger partial charge on any atom is 0.256 e. The summed E-state index contributed by atoms with van der Waals surface area (Å²) in [5.41, 5.74) is 1.67. The van der Waals surface area contributed by atoms with Crippen molar-refractivity contribution in [3.63, 3.8) is 0 Å². The molecule has 8 heteroatoms. The number of aromatic nitrogens is 3. The molecule has 2 aliphatic rings. The molecule has 4 heterocycles. The summed E-state index contributed by atoms with van der Waals surface area (Å²) in [5, 5.41) is 0. The lowest BCUT2D eigenvalue weighted by atomic mass is 9.99. The van der Waals surface area contributed by atoms with Crippen LogP contribution in [-0.2, 0) is 17.8 Å². The van der Waals surface area contributed by atoms with E-state index in [1.807, 2.05) is 6.92 Å². The van der Waals surface area contributed by atoms with Gasteiger partial charge in [0.15, 0.2) is 0 Å². The highest BCUT2D eigenvalue weighted by Crippen LogP contribution is 2.30. The van der Waals surface area contributed by atoms with Gasteiger partial charge in [0.05, 0.1) is 23.8 Å². The zero-order valence-corrected chi connectivity index (χ0v) is 16.6. The molecule has 2 aliphatic heterocycles. The van der Waals surface area contributed by atoms with Crippen molar-refractivity contribution in [1.82, 2.24) is 24.8 Å². The molecular formula is C21H25N5O3. The molecule has 1 N–H and O–H groups in total. The van der Waals surface area contributed by atoms with Gasteiger partial charge < -0.3 is 14.8 Å².